The molecule has 1 aliphatic heterocycles. The first-order chi connectivity index (χ1) is 10.4. The standard InChI is InChI=1S/C14H20N2O5S/c1-10(17)15-11-8-14(13(21-3)9-12(11)20-2)22(18,19)16-6-4-5-7-16/h8-9H,4-7H2,1-3H3,(H,15,17). The van der Waals surface area contributed by atoms with Crippen molar-refractivity contribution in [1.29, 1.82) is 0 Å². The molecule has 8 heteroatoms. The molecule has 0 bridgehead atoms. The summed E-state index contributed by atoms with van der Waals surface area (Å²) in [7, 11) is -0.825. The number of nitrogens with zero attached hydrogens (tertiary/aromatic N) is 1. The molecular formula is C14H20N2O5S. The summed E-state index contributed by atoms with van der Waals surface area (Å²) in [6.45, 7) is 2.33. The van der Waals surface area contributed by atoms with Crippen LogP contribution in [0.1, 0.15) is 19.8 Å². The molecule has 0 spiro atoms. The Morgan fingerprint density at radius 1 is 1.14 bits per heavy atom. The van der Waals surface area contributed by atoms with Crippen LogP contribution in [0.4, 0.5) is 5.69 Å². The lowest BCUT2D eigenvalue weighted by molar-refractivity contribution is -0.114. The summed E-state index contributed by atoms with van der Waals surface area (Å²) in [4.78, 5) is 11.3. The van der Waals surface area contributed by atoms with Gasteiger partial charge in [0.15, 0.2) is 0 Å². The van der Waals surface area contributed by atoms with E-state index in [-0.39, 0.29) is 16.6 Å². The van der Waals surface area contributed by atoms with E-state index in [1.165, 1.54) is 37.6 Å². The SMILES string of the molecule is COc1cc(OC)c(S(=O)(=O)N2CCCC2)cc1NC(C)=O. The molecule has 0 unspecified atom stereocenters. The number of rotatable bonds is 5. The fraction of sp³-hybridized carbons (Fsp3) is 0.500. The Hall–Kier alpha value is -1.80. The molecule has 0 radical (unpaired) electrons. The van der Waals surface area contributed by atoms with Gasteiger partial charge >= 0.3 is 0 Å². The van der Waals surface area contributed by atoms with Crippen molar-refractivity contribution in [3.8, 4) is 11.5 Å². The van der Waals surface area contributed by atoms with Crippen LogP contribution in [0.3, 0.4) is 0 Å². The minimum atomic E-state index is -3.66. The van der Waals surface area contributed by atoms with Gasteiger partial charge in [-0.05, 0) is 18.9 Å². The molecule has 1 saturated heterocycles. The number of sulfonamides is 1. The van der Waals surface area contributed by atoms with Gasteiger partial charge in [-0.25, -0.2) is 8.42 Å². The van der Waals surface area contributed by atoms with Crippen LogP contribution in [0.5, 0.6) is 11.5 Å². The molecule has 7 nitrogen and oxygen atoms in total. The second-order valence-electron chi connectivity index (χ2n) is 5.00. The van der Waals surface area contributed by atoms with E-state index >= 15 is 0 Å². The quantitative estimate of drug-likeness (QED) is 0.884. The van der Waals surface area contributed by atoms with Gasteiger partial charge in [-0.3, -0.25) is 4.79 Å². The van der Waals surface area contributed by atoms with Crippen molar-refractivity contribution in [1.82, 2.24) is 4.31 Å². The second-order valence-corrected chi connectivity index (χ2v) is 6.90. The van der Waals surface area contributed by atoms with Crippen molar-refractivity contribution < 1.29 is 22.7 Å². The summed E-state index contributed by atoms with van der Waals surface area (Å²) in [6.07, 6.45) is 1.69. The van der Waals surface area contributed by atoms with Gasteiger partial charge in [-0.2, -0.15) is 4.31 Å². The normalized spacial score (nSPS) is 15.6. The number of benzene rings is 1. The molecule has 0 aliphatic carbocycles. The molecule has 1 aliphatic rings. The maximum Gasteiger partial charge on any atom is 0.246 e. The Labute approximate surface area is 130 Å². The largest absolute Gasteiger partial charge is 0.495 e. The lowest BCUT2D eigenvalue weighted by Gasteiger charge is -2.19. The first-order valence-corrected chi connectivity index (χ1v) is 8.38. The predicted molar refractivity (Wildman–Crippen MR) is 81.8 cm³/mol. The number of nitrogens with one attached hydrogen (secondary N) is 1. The third-order valence-corrected chi connectivity index (χ3v) is 5.40. The van der Waals surface area contributed by atoms with Crippen LogP contribution in [0.2, 0.25) is 0 Å². The van der Waals surface area contributed by atoms with E-state index in [1.807, 2.05) is 0 Å². The van der Waals surface area contributed by atoms with Gasteiger partial charge in [0.1, 0.15) is 16.4 Å². The van der Waals surface area contributed by atoms with Crippen LogP contribution in [-0.4, -0.2) is 45.9 Å². The van der Waals surface area contributed by atoms with Gasteiger partial charge in [0.2, 0.25) is 15.9 Å². The monoisotopic (exact) mass is 328 g/mol. The highest BCUT2D eigenvalue weighted by molar-refractivity contribution is 7.89. The van der Waals surface area contributed by atoms with Crippen molar-refractivity contribution >= 4 is 21.6 Å². The van der Waals surface area contributed by atoms with Crippen molar-refractivity contribution in [3.05, 3.63) is 12.1 Å². The van der Waals surface area contributed by atoms with Crippen molar-refractivity contribution in [2.45, 2.75) is 24.7 Å². The zero-order chi connectivity index (χ0) is 16.3. The first-order valence-electron chi connectivity index (χ1n) is 6.94. The van der Waals surface area contributed by atoms with Crippen LogP contribution >= 0.6 is 0 Å². The van der Waals surface area contributed by atoms with Crippen molar-refractivity contribution in [2.75, 3.05) is 32.6 Å². The number of hydrogen-bond donors (Lipinski definition) is 1. The average molecular weight is 328 g/mol. The van der Waals surface area contributed by atoms with Gasteiger partial charge < -0.3 is 14.8 Å². The number of methoxy groups -OCH3 is 2. The fourth-order valence-corrected chi connectivity index (χ4v) is 4.11. The van der Waals surface area contributed by atoms with Gasteiger partial charge in [0.05, 0.1) is 19.9 Å². The zero-order valence-electron chi connectivity index (χ0n) is 12.9. The Morgan fingerprint density at radius 2 is 1.73 bits per heavy atom. The molecule has 122 valence electrons. The van der Waals surface area contributed by atoms with E-state index in [0.29, 0.717) is 24.5 Å². The molecule has 0 saturated carbocycles. The number of carbonyl (C=O) groups excluding carboxylic acids is 1. The van der Waals surface area contributed by atoms with E-state index in [1.54, 1.807) is 0 Å². The van der Waals surface area contributed by atoms with Crippen molar-refractivity contribution in [2.24, 2.45) is 0 Å². The Kier molecular flexibility index (Phi) is 4.92. The minimum Gasteiger partial charge on any atom is -0.495 e. The Bertz CT molecular complexity index is 666. The molecule has 1 aromatic carbocycles. The van der Waals surface area contributed by atoms with E-state index in [4.69, 9.17) is 9.47 Å². The molecular weight excluding hydrogens is 308 g/mol. The van der Waals surface area contributed by atoms with E-state index in [0.717, 1.165) is 12.8 Å². The third-order valence-electron chi connectivity index (χ3n) is 3.48. The lowest BCUT2D eigenvalue weighted by atomic mass is 10.2. The molecule has 22 heavy (non-hydrogen) atoms. The van der Waals surface area contributed by atoms with Crippen molar-refractivity contribution in [3.63, 3.8) is 0 Å². The average Bonchev–Trinajstić information content (AvgIpc) is 3.01. The third kappa shape index (κ3) is 3.17. The number of ether oxygens (including phenoxy) is 2. The fourth-order valence-electron chi connectivity index (χ4n) is 2.43. The van der Waals surface area contributed by atoms with Crippen LogP contribution < -0.4 is 14.8 Å². The number of amides is 1. The molecule has 2 rings (SSSR count). The second kappa shape index (κ2) is 6.53. The first kappa shape index (κ1) is 16.6. The molecule has 1 heterocycles. The van der Waals surface area contributed by atoms with Crippen LogP contribution in [-0.2, 0) is 14.8 Å². The molecule has 1 fully saturated rings. The molecule has 0 atom stereocenters. The van der Waals surface area contributed by atoms with Gasteiger partial charge in [-0.1, -0.05) is 0 Å². The van der Waals surface area contributed by atoms with E-state index in [9.17, 15) is 13.2 Å². The molecule has 0 aromatic heterocycles. The summed E-state index contributed by atoms with van der Waals surface area (Å²) in [5.41, 5.74) is 0.300. The highest BCUT2D eigenvalue weighted by atomic mass is 32.2. The van der Waals surface area contributed by atoms with Crippen LogP contribution in [0.25, 0.3) is 0 Å². The molecule has 1 N–H and O–H groups in total. The zero-order valence-corrected chi connectivity index (χ0v) is 13.7. The number of hydrogen-bond acceptors (Lipinski definition) is 5. The number of carbonyl (C=O) groups is 1. The van der Waals surface area contributed by atoms with Gasteiger partial charge in [0, 0.05) is 26.1 Å². The highest BCUT2D eigenvalue weighted by Gasteiger charge is 2.31. The smallest absolute Gasteiger partial charge is 0.246 e. The predicted octanol–water partition coefficient (Wildman–Crippen LogP) is 1.45. The van der Waals surface area contributed by atoms with E-state index in [2.05, 4.69) is 5.32 Å². The summed E-state index contributed by atoms with van der Waals surface area (Å²) >= 11 is 0. The maximum atomic E-state index is 12.7. The van der Waals surface area contributed by atoms with Crippen LogP contribution in [0, 0.1) is 0 Å². The lowest BCUT2D eigenvalue weighted by Crippen LogP contribution is -2.28. The summed E-state index contributed by atoms with van der Waals surface area (Å²) in [6, 6.07) is 2.85. The minimum absolute atomic E-state index is 0.0291. The van der Waals surface area contributed by atoms with E-state index < -0.39 is 10.0 Å². The Morgan fingerprint density at radius 3 is 2.23 bits per heavy atom. The number of anilines is 1. The summed E-state index contributed by atoms with van der Waals surface area (Å²) < 4.78 is 37.3. The van der Waals surface area contributed by atoms with Gasteiger partial charge in [-0.15, -0.1) is 0 Å². The van der Waals surface area contributed by atoms with Crippen LogP contribution in [0.15, 0.2) is 17.0 Å². The van der Waals surface area contributed by atoms with Gasteiger partial charge in [0.25, 0.3) is 0 Å². The summed E-state index contributed by atoms with van der Waals surface area (Å²) in [5, 5.41) is 2.58. The molecule has 1 aromatic rings. The molecule has 1 amide bonds. The topological polar surface area (TPSA) is 84.9 Å². The maximum absolute atomic E-state index is 12.7. The Balaban J connectivity index is 2.55. The summed E-state index contributed by atoms with van der Waals surface area (Å²) in [5.74, 6) is 0.221. The highest BCUT2D eigenvalue weighted by Crippen LogP contribution is 2.37.